The molecule has 6 heteroatoms. The topological polar surface area (TPSA) is 49.1 Å². The van der Waals surface area contributed by atoms with E-state index in [1.54, 1.807) is 22.6 Å². The summed E-state index contributed by atoms with van der Waals surface area (Å²) in [6, 6.07) is 7.74. The Labute approximate surface area is 158 Å². The number of hydrazone groups is 1. The first-order valence-corrected chi connectivity index (χ1v) is 10.2. The monoisotopic (exact) mass is 371 g/mol. The van der Waals surface area contributed by atoms with E-state index >= 15 is 0 Å². The average molecular weight is 372 g/mol. The highest BCUT2D eigenvalue weighted by Gasteiger charge is 2.36. The molecule has 0 aliphatic carbocycles. The van der Waals surface area contributed by atoms with Crippen molar-refractivity contribution in [2.45, 2.75) is 32.7 Å². The molecule has 2 aliphatic rings. The Morgan fingerprint density at radius 1 is 1.27 bits per heavy atom. The maximum absolute atomic E-state index is 13.1. The van der Waals surface area contributed by atoms with Crippen LogP contribution in [0.2, 0.25) is 0 Å². The molecule has 0 radical (unpaired) electrons. The van der Waals surface area contributed by atoms with Crippen LogP contribution in [0.5, 0.6) is 0 Å². The first-order chi connectivity index (χ1) is 12.6. The number of hydrogen-bond donors (Lipinski definition) is 0. The smallest absolute Gasteiger partial charge is 0.257 e. The standard InChI is InChI=1S/C20H25N3O2S/c1-14-9-15(2)12-22(11-14)13-20(24)23-17(18-5-3-7-25-18)10-16(21-23)19-6-4-8-26-19/h3-8,14-15,17H,9-13H2,1-2H3. The Morgan fingerprint density at radius 3 is 2.73 bits per heavy atom. The van der Waals surface area contributed by atoms with Crippen molar-refractivity contribution in [2.24, 2.45) is 16.9 Å². The van der Waals surface area contributed by atoms with Gasteiger partial charge in [-0.3, -0.25) is 9.69 Å². The zero-order chi connectivity index (χ0) is 18.1. The average Bonchev–Trinajstić information content (AvgIpc) is 3.33. The van der Waals surface area contributed by atoms with Gasteiger partial charge in [-0.1, -0.05) is 19.9 Å². The fraction of sp³-hybridized carbons (Fsp3) is 0.500. The van der Waals surface area contributed by atoms with Crippen LogP contribution in [0.25, 0.3) is 0 Å². The summed E-state index contributed by atoms with van der Waals surface area (Å²) in [7, 11) is 0. The molecule has 2 aromatic heterocycles. The van der Waals surface area contributed by atoms with Gasteiger partial charge in [0, 0.05) is 19.5 Å². The van der Waals surface area contributed by atoms with Crippen LogP contribution in [-0.4, -0.2) is 41.2 Å². The van der Waals surface area contributed by atoms with Crippen molar-refractivity contribution in [1.29, 1.82) is 0 Å². The minimum atomic E-state index is -0.144. The lowest BCUT2D eigenvalue weighted by molar-refractivity contribution is -0.135. The molecule has 4 rings (SSSR count). The lowest BCUT2D eigenvalue weighted by Crippen LogP contribution is -2.44. The van der Waals surface area contributed by atoms with E-state index < -0.39 is 0 Å². The summed E-state index contributed by atoms with van der Waals surface area (Å²) < 4.78 is 5.61. The number of rotatable bonds is 4. The van der Waals surface area contributed by atoms with Crippen LogP contribution in [0.3, 0.4) is 0 Å². The van der Waals surface area contributed by atoms with Crippen molar-refractivity contribution < 1.29 is 9.21 Å². The van der Waals surface area contributed by atoms with Gasteiger partial charge in [-0.05, 0) is 41.8 Å². The van der Waals surface area contributed by atoms with Crippen LogP contribution in [0.1, 0.15) is 43.4 Å². The number of carbonyl (C=O) groups is 1. The summed E-state index contributed by atoms with van der Waals surface area (Å²) in [5.74, 6) is 2.13. The van der Waals surface area contributed by atoms with Gasteiger partial charge >= 0.3 is 0 Å². The van der Waals surface area contributed by atoms with E-state index in [4.69, 9.17) is 9.52 Å². The van der Waals surface area contributed by atoms with Gasteiger partial charge < -0.3 is 4.42 Å². The second-order valence-corrected chi connectivity index (χ2v) is 8.59. The highest BCUT2D eigenvalue weighted by atomic mass is 32.1. The number of likely N-dealkylation sites (tertiary alicyclic amines) is 1. The molecule has 0 aromatic carbocycles. The Bertz CT molecular complexity index is 759. The van der Waals surface area contributed by atoms with Gasteiger partial charge in [-0.25, -0.2) is 5.01 Å². The summed E-state index contributed by atoms with van der Waals surface area (Å²) in [6.45, 7) is 6.92. The van der Waals surface area contributed by atoms with Crippen LogP contribution >= 0.6 is 11.3 Å². The van der Waals surface area contributed by atoms with Crippen molar-refractivity contribution in [2.75, 3.05) is 19.6 Å². The lowest BCUT2D eigenvalue weighted by Gasteiger charge is -2.35. The molecule has 138 valence electrons. The zero-order valence-corrected chi connectivity index (χ0v) is 16.1. The van der Waals surface area contributed by atoms with E-state index in [9.17, 15) is 4.79 Å². The molecule has 3 unspecified atom stereocenters. The zero-order valence-electron chi connectivity index (χ0n) is 15.3. The van der Waals surface area contributed by atoms with Gasteiger partial charge in [-0.2, -0.15) is 5.10 Å². The minimum absolute atomic E-state index is 0.0549. The molecule has 0 bridgehead atoms. The third-order valence-electron chi connectivity index (χ3n) is 5.15. The highest BCUT2D eigenvalue weighted by Crippen LogP contribution is 2.34. The Morgan fingerprint density at radius 2 is 2.08 bits per heavy atom. The number of amides is 1. The van der Waals surface area contributed by atoms with E-state index in [2.05, 4.69) is 24.8 Å². The SMILES string of the molecule is CC1CC(C)CN(CC(=O)N2N=C(c3cccs3)CC2c2ccco2)C1. The van der Waals surface area contributed by atoms with Gasteiger partial charge in [0.25, 0.3) is 5.91 Å². The van der Waals surface area contributed by atoms with E-state index in [0.717, 1.165) is 29.4 Å². The highest BCUT2D eigenvalue weighted by molar-refractivity contribution is 7.12. The molecule has 1 saturated heterocycles. The molecule has 4 heterocycles. The first kappa shape index (κ1) is 17.5. The van der Waals surface area contributed by atoms with Crippen LogP contribution in [0, 0.1) is 11.8 Å². The van der Waals surface area contributed by atoms with Crippen LogP contribution in [0.4, 0.5) is 0 Å². The van der Waals surface area contributed by atoms with Crippen molar-refractivity contribution in [3.63, 3.8) is 0 Å². The van der Waals surface area contributed by atoms with E-state index in [1.807, 2.05) is 23.6 Å². The number of hydrogen-bond acceptors (Lipinski definition) is 5. The molecule has 3 atom stereocenters. The molecule has 2 aromatic rings. The number of carbonyl (C=O) groups excluding carboxylic acids is 1. The molecular formula is C20H25N3O2S. The van der Waals surface area contributed by atoms with Gasteiger partial charge in [0.2, 0.25) is 0 Å². The van der Waals surface area contributed by atoms with Crippen molar-refractivity contribution in [3.8, 4) is 0 Å². The minimum Gasteiger partial charge on any atom is -0.467 e. The molecule has 26 heavy (non-hydrogen) atoms. The molecule has 2 aliphatic heterocycles. The number of nitrogens with zero attached hydrogens (tertiary/aromatic N) is 3. The predicted octanol–water partition coefficient (Wildman–Crippen LogP) is 4.00. The first-order valence-electron chi connectivity index (χ1n) is 9.29. The van der Waals surface area contributed by atoms with Gasteiger partial charge in [0.15, 0.2) is 0 Å². The van der Waals surface area contributed by atoms with Gasteiger partial charge in [0.1, 0.15) is 11.8 Å². The predicted molar refractivity (Wildman–Crippen MR) is 103 cm³/mol. The normalized spacial score (nSPS) is 26.9. The van der Waals surface area contributed by atoms with Crippen LogP contribution < -0.4 is 0 Å². The van der Waals surface area contributed by atoms with E-state index in [0.29, 0.717) is 24.8 Å². The second-order valence-electron chi connectivity index (χ2n) is 7.64. The van der Waals surface area contributed by atoms with Crippen molar-refractivity contribution >= 4 is 23.0 Å². The fourth-order valence-electron chi connectivity index (χ4n) is 4.22. The summed E-state index contributed by atoms with van der Waals surface area (Å²) in [4.78, 5) is 16.5. The van der Waals surface area contributed by atoms with Gasteiger partial charge in [-0.15, -0.1) is 11.3 Å². The molecule has 0 spiro atoms. The third-order valence-corrected chi connectivity index (χ3v) is 6.07. The Kier molecular flexibility index (Phi) is 4.96. The maximum atomic E-state index is 13.1. The summed E-state index contributed by atoms with van der Waals surface area (Å²) in [6.07, 6.45) is 3.60. The molecule has 0 saturated carbocycles. The Balaban J connectivity index is 1.53. The van der Waals surface area contributed by atoms with Crippen LogP contribution in [-0.2, 0) is 4.79 Å². The Hall–Kier alpha value is -1.92. The third kappa shape index (κ3) is 3.62. The summed E-state index contributed by atoms with van der Waals surface area (Å²) in [5, 5.41) is 8.39. The quantitative estimate of drug-likeness (QED) is 0.816. The van der Waals surface area contributed by atoms with Crippen LogP contribution in [0.15, 0.2) is 45.4 Å². The van der Waals surface area contributed by atoms with Crippen molar-refractivity contribution in [1.82, 2.24) is 9.91 Å². The molecule has 0 N–H and O–H groups in total. The molecule has 1 amide bonds. The summed E-state index contributed by atoms with van der Waals surface area (Å²) >= 11 is 1.66. The molecular weight excluding hydrogens is 346 g/mol. The number of furan rings is 1. The largest absolute Gasteiger partial charge is 0.467 e. The molecule has 5 nitrogen and oxygen atoms in total. The maximum Gasteiger partial charge on any atom is 0.257 e. The summed E-state index contributed by atoms with van der Waals surface area (Å²) in [5.41, 5.74) is 0.968. The van der Waals surface area contributed by atoms with Crippen molar-refractivity contribution in [3.05, 3.63) is 46.5 Å². The number of thiophene rings is 1. The number of piperidine rings is 1. The fourth-order valence-corrected chi connectivity index (χ4v) is 4.94. The van der Waals surface area contributed by atoms with Gasteiger partial charge in [0.05, 0.1) is 23.4 Å². The van der Waals surface area contributed by atoms with E-state index in [1.165, 1.54) is 6.42 Å². The second kappa shape index (κ2) is 7.37. The molecule has 1 fully saturated rings. The van der Waals surface area contributed by atoms with E-state index in [-0.39, 0.29) is 11.9 Å². The lowest BCUT2D eigenvalue weighted by atomic mass is 9.92.